The summed E-state index contributed by atoms with van der Waals surface area (Å²) in [6, 6.07) is 7.36. The minimum Gasteiger partial charge on any atom is -0.368 e. The van der Waals surface area contributed by atoms with Crippen molar-refractivity contribution in [1.29, 1.82) is 0 Å². The van der Waals surface area contributed by atoms with Crippen LogP contribution < -0.4 is 10.7 Å². The van der Waals surface area contributed by atoms with Crippen LogP contribution in [0.3, 0.4) is 0 Å². The number of carbonyl (C=O) groups is 1. The number of hydrogen-bond donors (Lipinski definition) is 1. The number of anilines is 1. The van der Waals surface area contributed by atoms with Crippen molar-refractivity contribution in [2.45, 2.75) is 12.8 Å². The van der Waals surface area contributed by atoms with E-state index in [0.29, 0.717) is 41.6 Å². The highest BCUT2D eigenvalue weighted by Crippen LogP contribution is 2.22. The van der Waals surface area contributed by atoms with Crippen molar-refractivity contribution in [2.75, 3.05) is 25.0 Å². The van der Waals surface area contributed by atoms with E-state index in [1.54, 1.807) is 29.3 Å². The molecule has 8 nitrogen and oxygen atoms in total. The molecule has 4 heterocycles. The summed E-state index contributed by atoms with van der Waals surface area (Å²) in [7, 11) is 1.85. The summed E-state index contributed by atoms with van der Waals surface area (Å²) in [5.41, 5.74) is 2.30. The topological polar surface area (TPSA) is 93.0 Å². The summed E-state index contributed by atoms with van der Waals surface area (Å²) in [6.07, 6.45) is 8.66. The fourth-order valence-electron chi connectivity index (χ4n) is 3.98. The Labute approximate surface area is 178 Å². The molecule has 1 aliphatic rings. The Hall–Kier alpha value is -3.81. The van der Waals surface area contributed by atoms with Crippen LogP contribution in [0.1, 0.15) is 12.8 Å². The lowest BCUT2D eigenvalue weighted by Gasteiger charge is -2.15. The molecule has 8 heteroatoms. The van der Waals surface area contributed by atoms with Gasteiger partial charge in [-0.25, -0.2) is 4.98 Å². The molecule has 0 saturated carbocycles. The summed E-state index contributed by atoms with van der Waals surface area (Å²) in [4.78, 5) is 35.9. The van der Waals surface area contributed by atoms with Gasteiger partial charge in [-0.1, -0.05) is 6.07 Å². The van der Waals surface area contributed by atoms with Crippen LogP contribution in [0.15, 0.2) is 53.8 Å². The molecule has 1 aromatic carbocycles. The van der Waals surface area contributed by atoms with Gasteiger partial charge in [0.25, 0.3) is 0 Å². The highest BCUT2D eigenvalue weighted by molar-refractivity contribution is 5.93. The van der Waals surface area contributed by atoms with Gasteiger partial charge in [0.2, 0.25) is 5.91 Å². The number of aromatic nitrogens is 4. The van der Waals surface area contributed by atoms with E-state index in [1.165, 1.54) is 0 Å². The second-order valence-corrected chi connectivity index (χ2v) is 7.79. The summed E-state index contributed by atoms with van der Waals surface area (Å²) in [5, 5.41) is 9.33. The van der Waals surface area contributed by atoms with Gasteiger partial charge in [0.05, 0.1) is 11.7 Å². The normalized spacial score (nSPS) is 14.0. The van der Waals surface area contributed by atoms with Gasteiger partial charge in [-0.15, -0.1) is 0 Å². The van der Waals surface area contributed by atoms with Gasteiger partial charge in [-0.2, -0.15) is 5.10 Å². The molecule has 0 radical (unpaired) electrons. The van der Waals surface area contributed by atoms with Gasteiger partial charge in [0.15, 0.2) is 5.43 Å². The average Bonchev–Trinajstić information content (AvgIpc) is 3.37. The lowest BCUT2D eigenvalue weighted by Crippen LogP contribution is -2.30. The van der Waals surface area contributed by atoms with Crippen LogP contribution in [0.2, 0.25) is 0 Å². The van der Waals surface area contributed by atoms with Crippen LogP contribution in [0.4, 0.5) is 5.82 Å². The third-order valence-electron chi connectivity index (χ3n) is 5.66. The SMILES string of the molecule is Cn1cc(-c2cnc3ccc4cnc(NCCN5CCCC5=O)cc4c(=O)c3c2)cn1. The highest BCUT2D eigenvalue weighted by atomic mass is 16.2. The van der Waals surface area contributed by atoms with Crippen LogP contribution in [-0.2, 0) is 11.8 Å². The smallest absolute Gasteiger partial charge is 0.222 e. The van der Waals surface area contributed by atoms with E-state index in [9.17, 15) is 9.59 Å². The first-order valence-corrected chi connectivity index (χ1v) is 10.3. The molecule has 0 bridgehead atoms. The Morgan fingerprint density at radius 3 is 2.71 bits per heavy atom. The van der Waals surface area contributed by atoms with Gasteiger partial charge in [0.1, 0.15) is 5.82 Å². The number of carbonyl (C=O) groups excluding carboxylic acids is 1. The second-order valence-electron chi connectivity index (χ2n) is 7.79. The maximum atomic E-state index is 13.4. The molecule has 0 spiro atoms. The molecule has 0 aliphatic carbocycles. The van der Waals surface area contributed by atoms with Crippen molar-refractivity contribution in [3.05, 3.63) is 59.3 Å². The molecule has 156 valence electrons. The Kier molecular flexibility index (Phi) is 4.82. The second kappa shape index (κ2) is 7.79. The van der Waals surface area contributed by atoms with Crippen molar-refractivity contribution in [3.63, 3.8) is 0 Å². The molecular weight excluding hydrogens is 392 g/mol. The maximum Gasteiger partial charge on any atom is 0.222 e. The summed E-state index contributed by atoms with van der Waals surface area (Å²) < 4.78 is 1.72. The summed E-state index contributed by atoms with van der Waals surface area (Å²) in [6.45, 7) is 2.03. The van der Waals surface area contributed by atoms with Crippen molar-refractivity contribution in [1.82, 2.24) is 24.6 Å². The quantitative estimate of drug-likeness (QED) is 0.540. The maximum absolute atomic E-state index is 13.4. The van der Waals surface area contributed by atoms with Crippen LogP contribution >= 0.6 is 0 Å². The third-order valence-corrected chi connectivity index (χ3v) is 5.66. The van der Waals surface area contributed by atoms with Gasteiger partial charge in [-0.05, 0) is 24.6 Å². The molecule has 1 fully saturated rings. The highest BCUT2D eigenvalue weighted by Gasteiger charge is 2.19. The molecule has 31 heavy (non-hydrogen) atoms. The average molecular weight is 414 g/mol. The molecule has 1 aliphatic heterocycles. The van der Waals surface area contributed by atoms with Crippen molar-refractivity contribution < 1.29 is 4.79 Å². The van der Waals surface area contributed by atoms with E-state index in [-0.39, 0.29) is 11.3 Å². The lowest BCUT2D eigenvalue weighted by atomic mass is 10.1. The van der Waals surface area contributed by atoms with Crippen LogP contribution in [0, 0.1) is 0 Å². The largest absolute Gasteiger partial charge is 0.368 e. The van der Waals surface area contributed by atoms with Gasteiger partial charge in [0, 0.05) is 79.0 Å². The number of rotatable bonds is 5. The fraction of sp³-hybridized carbons (Fsp3) is 0.261. The van der Waals surface area contributed by atoms with Gasteiger partial charge in [-0.3, -0.25) is 19.3 Å². The number of likely N-dealkylation sites (tertiary alicyclic amines) is 1. The monoisotopic (exact) mass is 414 g/mol. The Balaban J connectivity index is 1.50. The number of amides is 1. The Morgan fingerprint density at radius 2 is 1.94 bits per heavy atom. The van der Waals surface area contributed by atoms with E-state index in [2.05, 4.69) is 20.4 Å². The molecule has 4 aromatic rings. The molecule has 0 atom stereocenters. The van der Waals surface area contributed by atoms with Crippen LogP contribution in [0.5, 0.6) is 0 Å². The zero-order valence-corrected chi connectivity index (χ0v) is 17.2. The molecule has 3 aromatic heterocycles. The van der Waals surface area contributed by atoms with Crippen molar-refractivity contribution >= 4 is 33.4 Å². The van der Waals surface area contributed by atoms with E-state index >= 15 is 0 Å². The Morgan fingerprint density at radius 1 is 1.03 bits per heavy atom. The number of nitrogens with one attached hydrogen (secondary N) is 1. The number of nitrogens with zero attached hydrogens (tertiary/aromatic N) is 5. The predicted octanol–water partition coefficient (Wildman–Crippen LogP) is 2.58. The standard InChI is InChI=1S/C23H22N6O2/c1-28-14-17(13-27-28)16-9-19-20(25-12-16)5-4-15-11-26-21(10-18(15)23(19)31)24-6-8-29-7-2-3-22(29)30/h4-5,9-14H,2-3,6-8H2,1H3,(H,24,26). The Bertz CT molecular complexity index is 1360. The minimum absolute atomic E-state index is 0.0894. The number of aryl methyl sites for hydroxylation is 1. The zero-order valence-electron chi connectivity index (χ0n) is 17.2. The van der Waals surface area contributed by atoms with E-state index in [1.807, 2.05) is 36.3 Å². The van der Waals surface area contributed by atoms with Gasteiger partial charge >= 0.3 is 0 Å². The van der Waals surface area contributed by atoms with Crippen LogP contribution in [0.25, 0.3) is 32.8 Å². The van der Waals surface area contributed by atoms with Crippen molar-refractivity contribution in [2.24, 2.45) is 7.05 Å². The molecule has 1 saturated heterocycles. The molecule has 0 unspecified atom stereocenters. The predicted molar refractivity (Wildman–Crippen MR) is 120 cm³/mol. The van der Waals surface area contributed by atoms with E-state index in [4.69, 9.17) is 0 Å². The lowest BCUT2D eigenvalue weighted by molar-refractivity contribution is -0.127. The first-order valence-electron chi connectivity index (χ1n) is 10.3. The first-order chi connectivity index (χ1) is 15.1. The van der Waals surface area contributed by atoms with E-state index in [0.717, 1.165) is 29.5 Å². The van der Waals surface area contributed by atoms with Crippen molar-refractivity contribution in [3.8, 4) is 11.1 Å². The number of hydrogen-bond acceptors (Lipinski definition) is 6. The fourth-order valence-corrected chi connectivity index (χ4v) is 3.98. The third kappa shape index (κ3) is 3.72. The number of pyridine rings is 2. The molecular formula is C23H22N6O2. The molecule has 1 N–H and O–H groups in total. The number of fused-ring (bicyclic) bond motifs is 2. The van der Waals surface area contributed by atoms with Crippen LogP contribution in [-0.4, -0.2) is 50.2 Å². The van der Waals surface area contributed by atoms with E-state index < -0.39 is 0 Å². The molecule has 5 rings (SSSR count). The zero-order chi connectivity index (χ0) is 21.4. The summed E-state index contributed by atoms with van der Waals surface area (Å²) in [5.74, 6) is 0.817. The van der Waals surface area contributed by atoms with Gasteiger partial charge < -0.3 is 10.2 Å². The molecule has 1 amide bonds. The first kappa shape index (κ1) is 19.2. The summed E-state index contributed by atoms with van der Waals surface area (Å²) >= 11 is 0. The minimum atomic E-state index is -0.0894.